The second kappa shape index (κ2) is 6.53. The smallest absolute Gasteiger partial charge is 0.250 e. The van der Waals surface area contributed by atoms with Crippen molar-refractivity contribution in [1.82, 2.24) is 10.0 Å². The maximum atomic E-state index is 12.0. The van der Waals surface area contributed by atoms with Gasteiger partial charge < -0.3 is 5.32 Å². The largest absolute Gasteiger partial charge is 0.353 e. The Labute approximate surface area is 129 Å². The average Bonchev–Trinajstić information content (AvgIpc) is 2.58. The first-order chi connectivity index (χ1) is 8.63. The van der Waals surface area contributed by atoms with Gasteiger partial charge in [0.05, 0.1) is 14.9 Å². The summed E-state index contributed by atoms with van der Waals surface area (Å²) in [6, 6.07) is 0.433. The van der Waals surface area contributed by atoms with Crippen LogP contribution in [-0.4, -0.2) is 26.4 Å². The summed E-state index contributed by atoms with van der Waals surface area (Å²) < 4.78 is 27.0. The molecule has 0 bridgehead atoms. The molecular formula is C10H14BrClN2O3S2. The molecule has 108 valence electrons. The van der Waals surface area contributed by atoms with Gasteiger partial charge in [-0.1, -0.05) is 11.6 Å². The zero-order chi connectivity index (χ0) is 14.8. The van der Waals surface area contributed by atoms with E-state index in [0.29, 0.717) is 8.81 Å². The Hall–Kier alpha value is -0.150. The van der Waals surface area contributed by atoms with Gasteiger partial charge in [-0.2, -0.15) is 4.72 Å². The molecule has 19 heavy (non-hydrogen) atoms. The normalized spacial score (nSPS) is 13.6. The first-order valence-corrected chi connectivity index (χ1v) is 8.88. The van der Waals surface area contributed by atoms with Crippen molar-refractivity contribution >= 4 is 54.8 Å². The number of hydrogen-bond donors (Lipinski definition) is 2. The number of carbonyl (C=O) groups is 1. The lowest BCUT2D eigenvalue weighted by molar-refractivity contribution is -0.122. The highest BCUT2D eigenvalue weighted by molar-refractivity contribution is 9.11. The third kappa shape index (κ3) is 4.71. The van der Waals surface area contributed by atoms with Gasteiger partial charge in [0.25, 0.3) is 10.0 Å². The van der Waals surface area contributed by atoms with Crippen molar-refractivity contribution in [2.24, 2.45) is 0 Å². The molecule has 0 aromatic carbocycles. The highest BCUT2D eigenvalue weighted by Gasteiger charge is 2.24. The minimum atomic E-state index is -3.75. The maximum absolute atomic E-state index is 12.0. The van der Waals surface area contributed by atoms with Gasteiger partial charge in [-0.15, -0.1) is 11.3 Å². The Balaban J connectivity index is 2.83. The standard InChI is InChI=1S/C10H14BrClN2O3S2/c1-5(2)13-10(15)6(3)14-19(16,17)8-4-7(12)9(11)18-8/h4-6,14H,1-3H3,(H,13,15). The van der Waals surface area contributed by atoms with Gasteiger partial charge in [-0.25, -0.2) is 8.42 Å². The van der Waals surface area contributed by atoms with E-state index < -0.39 is 16.1 Å². The van der Waals surface area contributed by atoms with Gasteiger partial charge in [0.15, 0.2) is 0 Å². The van der Waals surface area contributed by atoms with Crippen molar-refractivity contribution < 1.29 is 13.2 Å². The molecule has 9 heteroatoms. The first-order valence-electron chi connectivity index (χ1n) is 5.41. The van der Waals surface area contributed by atoms with Crippen molar-refractivity contribution in [3.8, 4) is 0 Å². The molecule has 1 unspecified atom stereocenters. The van der Waals surface area contributed by atoms with Crippen LogP contribution in [0.4, 0.5) is 0 Å². The SMILES string of the molecule is CC(C)NC(=O)C(C)NS(=O)(=O)c1cc(Cl)c(Br)s1. The number of thiophene rings is 1. The molecule has 0 saturated heterocycles. The van der Waals surface area contributed by atoms with E-state index in [1.807, 2.05) is 0 Å². The van der Waals surface area contributed by atoms with E-state index >= 15 is 0 Å². The molecule has 0 aliphatic heterocycles. The van der Waals surface area contributed by atoms with Gasteiger partial charge >= 0.3 is 0 Å². The number of sulfonamides is 1. The number of amides is 1. The third-order valence-corrected chi connectivity index (χ3v) is 6.53. The number of rotatable bonds is 5. The summed E-state index contributed by atoms with van der Waals surface area (Å²) >= 11 is 9.94. The van der Waals surface area contributed by atoms with Crippen LogP contribution in [0.3, 0.4) is 0 Å². The third-order valence-electron chi connectivity index (χ3n) is 2.04. The molecule has 1 amide bonds. The molecule has 1 heterocycles. The van der Waals surface area contributed by atoms with Crippen LogP contribution in [0, 0.1) is 0 Å². The molecule has 0 aliphatic rings. The fraction of sp³-hybridized carbons (Fsp3) is 0.500. The Morgan fingerprint density at radius 1 is 1.42 bits per heavy atom. The molecule has 0 saturated carbocycles. The Bertz CT molecular complexity index is 552. The van der Waals surface area contributed by atoms with E-state index in [-0.39, 0.29) is 16.2 Å². The van der Waals surface area contributed by atoms with Crippen LogP contribution in [0.1, 0.15) is 20.8 Å². The lowest BCUT2D eigenvalue weighted by Crippen LogP contribution is -2.46. The molecule has 0 radical (unpaired) electrons. The van der Waals surface area contributed by atoms with Crippen molar-refractivity contribution in [1.29, 1.82) is 0 Å². The Morgan fingerprint density at radius 3 is 2.42 bits per heavy atom. The molecule has 0 spiro atoms. The van der Waals surface area contributed by atoms with Gasteiger partial charge in [-0.3, -0.25) is 4.79 Å². The van der Waals surface area contributed by atoms with Crippen LogP contribution < -0.4 is 10.0 Å². The van der Waals surface area contributed by atoms with E-state index in [4.69, 9.17) is 11.6 Å². The van der Waals surface area contributed by atoms with Crippen LogP contribution in [0.15, 0.2) is 14.1 Å². The molecule has 5 nitrogen and oxygen atoms in total. The Kier molecular flexibility index (Phi) is 5.81. The molecular weight excluding hydrogens is 376 g/mol. The minimum absolute atomic E-state index is 0.0511. The van der Waals surface area contributed by atoms with E-state index in [9.17, 15) is 13.2 Å². The Morgan fingerprint density at radius 2 is 2.00 bits per heavy atom. The highest BCUT2D eigenvalue weighted by Crippen LogP contribution is 2.34. The lowest BCUT2D eigenvalue weighted by atomic mass is 10.3. The van der Waals surface area contributed by atoms with Crippen LogP contribution in [-0.2, 0) is 14.8 Å². The van der Waals surface area contributed by atoms with E-state index in [2.05, 4.69) is 26.0 Å². The number of halogens is 2. The fourth-order valence-electron chi connectivity index (χ4n) is 1.21. The number of carbonyl (C=O) groups excluding carboxylic acids is 1. The summed E-state index contributed by atoms with van der Waals surface area (Å²) in [4.78, 5) is 11.7. The van der Waals surface area contributed by atoms with Gasteiger partial charge in [0.2, 0.25) is 5.91 Å². The van der Waals surface area contributed by atoms with E-state index in [1.165, 1.54) is 13.0 Å². The summed E-state index contributed by atoms with van der Waals surface area (Å²) in [5, 5.41) is 2.96. The average molecular weight is 390 g/mol. The van der Waals surface area contributed by atoms with Crippen LogP contribution in [0.25, 0.3) is 0 Å². The molecule has 1 rings (SSSR count). The molecule has 1 atom stereocenters. The molecule has 1 aromatic rings. The van der Waals surface area contributed by atoms with E-state index in [0.717, 1.165) is 11.3 Å². The summed E-state index contributed by atoms with van der Waals surface area (Å²) in [5.41, 5.74) is 0. The minimum Gasteiger partial charge on any atom is -0.353 e. The summed E-state index contributed by atoms with van der Waals surface area (Å²) in [6.45, 7) is 5.09. The van der Waals surface area contributed by atoms with Crippen LogP contribution in [0.5, 0.6) is 0 Å². The van der Waals surface area contributed by atoms with Crippen LogP contribution >= 0.6 is 38.9 Å². The molecule has 0 aliphatic carbocycles. The zero-order valence-corrected chi connectivity index (χ0v) is 14.5. The summed E-state index contributed by atoms with van der Waals surface area (Å²) in [6.07, 6.45) is 0. The van der Waals surface area contributed by atoms with Crippen LogP contribution in [0.2, 0.25) is 5.02 Å². The van der Waals surface area contributed by atoms with Crippen molar-refractivity contribution in [3.05, 3.63) is 14.9 Å². The zero-order valence-electron chi connectivity index (χ0n) is 10.5. The van der Waals surface area contributed by atoms with Gasteiger partial charge in [0, 0.05) is 6.04 Å². The predicted octanol–water partition coefficient (Wildman–Crippen LogP) is 2.36. The van der Waals surface area contributed by atoms with Crippen molar-refractivity contribution in [3.63, 3.8) is 0 Å². The fourth-order valence-corrected chi connectivity index (χ4v) is 4.83. The maximum Gasteiger partial charge on any atom is 0.250 e. The van der Waals surface area contributed by atoms with Gasteiger partial charge in [-0.05, 0) is 42.8 Å². The molecule has 0 fully saturated rings. The second-order valence-electron chi connectivity index (χ2n) is 4.19. The molecule has 2 N–H and O–H groups in total. The van der Waals surface area contributed by atoms with Gasteiger partial charge in [0.1, 0.15) is 4.21 Å². The first kappa shape index (κ1) is 16.9. The number of hydrogen-bond acceptors (Lipinski definition) is 4. The lowest BCUT2D eigenvalue weighted by Gasteiger charge is -2.15. The predicted molar refractivity (Wildman–Crippen MR) is 80.1 cm³/mol. The monoisotopic (exact) mass is 388 g/mol. The quantitative estimate of drug-likeness (QED) is 0.811. The second-order valence-corrected chi connectivity index (χ2v) is 8.91. The van der Waals surface area contributed by atoms with Crippen molar-refractivity contribution in [2.45, 2.75) is 37.1 Å². The number of nitrogens with one attached hydrogen (secondary N) is 2. The van der Waals surface area contributed by atoms with Crippen molar-refractivity contribution in [2.75, 3.05) is 0 Å². The van der Waals surface area contributed by atoms with E-state index in [1.54, 1.807) is 13.8 Å². The summed E-state index contributed by atoms with van der Waals surface area (Å²) in [5.74, 6) is -0.375. The highest BCUT2D eigenvalue weighted by atomic mass is 79.9. The molecule has 1 aromatic heterocycles. The topological polar surface area (TPSA) is 75.3 Å². The summed E-state index contributed by atoms with van der Waals surface area (Å²) in [7, 11) is -3.75.